The number of nitrogens with one attached hydrogen (secondary N) is 1. The van der Waals surface area contributed by atoms with Gasteiger partial charge in [-0.25, -0.2) is 0 Å². The number of thioether (sulfide) groups is 1. The molecule has 0 bridgehead atoms. The van der Waals surface area contributed by atoms with Crippen molar-refractivity contribution >= 4 is 23.4 Å². The van der Waals surface area contributed by atoms with Crippen LogP contribution in [-0.2, 0) is 4.79 Å². The maximum Gasteiger partial charge on any atom is 0.225 e. The first-order chi connectivity index (χ1) is 9.11. The molecule has 1 N–H and O–H groups in total. The molecule has 3 nitrogen and oxygen atoms in total. The molecule has 0 radical (unpaired) electrons. The van der Waals surface area contributed by atoms with Crippen molar-refractivity contribution in [2.24, 2.45) is 5.92 Å². The fourth-order valence-electron chi connectivity index (χ4n) is 1.44. The zero-order chi connectivity index (χ0) is 14.1. The molecule has 0 aliphatic carbocycles. The lowest BCUT2D eigenvalue weighted by Crippen LogP contribution is -2.12. The molecule has 0 saturated heterocycles. The van der Waals surface area contributed by atoms with Crippen molar-refractivity contribution in [1.29, 1.82) is 5.26 Å². The van der Waals surface area contributed by atoms with Gasteiger partial charge in [0.05, 0.1) is 11.6 Å². The average Bonchev–Trinajstić information content (AvgIpc) is 2.39. The summed E-state index contributed by atoms with van der Waals surface area (Å²) in [5, 5.41) is 11.5. The lowest BCUT2D eigenvalue weighted by molar-refractivity contribution is -0.115. The number of carbonyl (C=O) groups excluding carboxylic acids is 1. The predicted molar refractivity (Wildman–Crippen MR) is 81.2 cm³/mol. The molecule has 0 saturated carbocycles. The number of hydrogen-bond donors (Lipinski definition) is 1. The Bertz CT molecular complexity index is 434. The fraction of sp³-hybridized carbons (Fsp3) is 0.467. The minimum absolute atomic E-state index is 0.0294. The van der Waals surface area contributed by atoms with E-state index in [4.69, 9.17) is 5.26 Å². The zero-order valence-electron chi connectivity index (χ0n) is 11.5. The normalized spacial score (nSPS) is 10.2. The van der Waals surface area contributed by atoms with Crippen LogP contribution in [0.1, 0.15) is 32.3 Å². The van der Waals surface area contributed by atoms with Gasteiger partial charge in [0.2, 0.25) is 5.91 Å². The molecular formula is C15H20N2OS. The molecule has 1 aromatic carbocycles. The summed E-state index contributed by atoms with van der Waals surface area (Å²) in [6.07, 6.45) is 1.73. The van der Waals surface area contributed by atoms with Gasteiger partial charge in [-0.15, -0.1) is 0 Å². The standard InChI is InChI=1S/C15H20N2OS/c1-12(2)7-9-19-10-8-15(18)17-14-5-3-13(11-16)4-6-14/h3-6,12H,7-10H2,1-2H3,(H,17,18). The van der Waals surface area contributed by atoms with E-state index in [0.29, 0.717) is 12.0 Å². The average molecular weight is 276 g/mol. The van der Waals surface area contributed by atoms with E-state index in [9.17, 15) is 4.79 Å². The van der Waals surface area contributed by atoms with Crippen molar-refractivity contribution in [3.63, 3.8) is 0 Å². The lowest BCUT2D eigenvalue weighted by atomic mass is 10.2. The van der Waals surface area contributed by atoms with Gasteiger partial charge >= 0.3 is 0 Å². The molecule has 0 atom stereocenters. The van der Waals surface area contributed by atoms with Crippen LogP contribution >= 0.6 is 11.8 Å². The molecule has 0 spiro atoms. The van der Waals surface area contributed by atoms with Crippen molar-refractivity contribution < 1.29 is 4.79 Å². The molecule has 1 amide bonds. The van der Waals surface area contributed by atoms with Gasteiger partial charge in [0.25, 0.3) is 0 Å². The van der Waals surface area contributed by atoms with Crippen molar-refractivity contribution in [3.05, 3.63) is 29.8 Å². The monoisotopic (exact) mass is 276 g/mol. The number of rotatable bonds is 7. The van der Waals surface area contributed by atoms with E-state index in [-0.39, 0.29) is 5.91 Å². The number of carbonyl (C=O) groups is 1. The van der Waals surface area contributed by atoms with Gasteiger partial charge in [0.15, 0.2) is 0 Å². The first-order valence-corrected chi connectivity index (χ1v) is 7.65. The molecule has 4 heteroatoms. The molecule has 0 unspecified atom stereocenters. The maximum atomic E-state index is 11.7. The van der Waals surface area contributed by atoms with Crippen molar-refractivity contribution in [3.8, 4) is 6.07 Å². The number of anilines is 1. The van der Waals surface area contributed by atoms with E-state index in [1.807, 2.05) is 17.8 Å². The lowest BCUT2D eigenvalue weighted by Gasteiger charge is -2.06. The second-order valence-corrected chi connectivity index (χ2v) is 6.01. The van der Waals surface area contributed by atoms with E-state index in [0.717, 1.165) is 23.1 Å². The Balaban J connectivity index is 2.22. The van der Waals surface area contributed by atoms with Gasteiger partial charge in [0.1, 0.15) is 0 Å². The third-order valence-electron chi connectivity index (χ3n) is 2.61. The number of amides is 1. The molecule has 0 heterocycles. The van der Waals surface area contributed by atoms with Crippen LogP contribution in [0.5, 0.6) is 0 Å². The molecule has 102 valence electrons. The highest BCUT2D eigenvalue weighted by molar-refractivity contribution is 7.99. The number of nitrogens with zero attached hydrogens (tertiary/aromatic N) is 1. The molecule has 0 aliphatic heterocycles. The summed E-state index contributed by atoms with van der Waals surface area (Å²) in [5.74, 6) is 2.72. The third kappa shape index (κ3) is 6.88. The summed E-state index contributed by atoms with van der Waals surface area (Å²) in [7, 11) is 0. The molecule has 0 aromatic heterocycles. The van der Waals surface area contributed by atoms with E-state index in [1.54, 1.807) is 24.3 Å². The zero-order valence-corrected chi connectivity index (χ0v) is 12.3. The largest absolute Gasteiger partial charge is 0.326 e. The van der Waals surface area contributed by atoms with E-state index >= 15 is 0 Å². The van der Waals surface area contributed by atoms with Crippen LogP contribution in [0.15, 0.2) is 24.3 Å². The van der Waals surface area contributed by atoms with Crippen LogP contribution < -0.4 is 5.32 Å². The SMILES string of the molecule is CC(C)CCSCCC(=O)Nc1ccc(C#N)cc1. The van der Waals surface area contributed by atoms with Gasteiger partial charge in [-0.1, -0.05) is 13.8 Å². The highest BCUT2D eigenvalue weighted by atomic mass is 32.2. The Morgan fingerprint density at radius 1 is 1.32 bits per heavy atom. The number of hydrogen-bond acceptors (Lipinski definition) is 3. The summed E-state index contributed by atoms with van der Waals surface area (Å²) in [5.41, 5.74) is 1.35. The second kappa shape index (κ2) is 8.60. The van der Waals surface area contributed by atoms with Crippen LogP contribution in [-0.4, -0.2) is 17.4 Å². The van der Waals surface area contributed by atoms with Crippen molar-refractivity contribution in [2.45, 2.75) is 26.7 Å². The summed E-state index contributed by atoms with van der Waals surface area (Å²) in [6, 6.07) is 8.96. The predicted octanol–water partition coefficient (Wildman–Crippen LogP) is 3.67. The van der Waals surface area contributed by atoms with Crippen LogP contribution in [0.25, 0.3) is 0 Å². The van der Waals surface area contributed by atoms with E-state index in [2.05, 4.69) is 19.2 Å². The third-order valence-corrected chi connectivity index (χ3v) is 3.63. The van der Waals surface area contributed by atoms with Crippen LogP contribution in [0.3, 0.4) is 0 Å². The molecule has 0 aliphatic rings. The summed E-state index contributed by atoms with van der Waals surface area (Å²) in [6.45, 7) is 4.41. The first kappa shape index (κ1) is 15.6. The first-order valence-electron chi connectivity index (χ1n) is 6.49. The van der Waals surface area contributed by atoms with Gasteiger partial charge in [-0.3, -0.25) is 4.79 Å². The van der Waals surface area contributed by atoms with Gasteiger partial charge in [0, 0.05) is 17.9 Å². The summed E-state index contributed by atoms with van der Waals surface area (Å²) < 4.78 is 0. The Kier molecular flexibility index (Phi) is 7.06. The molecule has 19 heavy (non-hydrogen) atoms. The summed E-state index contributed by atoms with van der Waals surface area (Å²) in [4.78, 5) is 11.7. The quantitative estimate of drug-likeness (QED) is 0.773. The van der Waals surface area contributed by atoms with E-state index in [1.165, 1.54) is 6.42 Å². The smallest absolute Gasteiger partial charge is 0.225 e. The fourth-order valence-corrected chi connectivity index (χ4v) is 2.61. The number of benzene rings is 1. The highest BCUT2D eigenvalue weighted by Crippen LogP contribution is 2.12. The van der Waals surface area contributed by atoms with Crippen LogP contribution in [0.2, 0.25) is 0 Å². The Morgan fingerprint density at radius 2 is 2.00 bits per heavy atom. The molecule has 1 aromatic rings. The molecular weight excluding hydrogens is 256 g/mol. The van der Waals surface area contributed by atoms with Gasteiger partial charge in [-0.2, -0.15) is 17.0 Å². The second-order valence-electron chi connectivity index (χ2n) is 4.78. The highest BCUT2D eigenvalue weighted by Gasteiger charge is 2.03. The Morgan fingerprint density at radius 3 is 2.58 bits per heavy atom. The topological polar surface area (TPSA) is 52.9 Å². The van der Waals surface area contributed by atoms with Crippen LogP contribution in [0, 0.1) is 17.2 Å². The van der Waals surface area contributed by atoms with Crippen molar-refractivity contribution in [2.75, 3.05) is 16.8 Å². The maximum absolute atomic E-state index is 11.7. The minimum atomic E-state index is 0.0294. The molecule has 1 rings (SSSR count). The minimum Gasteiger partial charge on any atom is -0.326 e. The van der Waals surface area contributed by atoms with Gasteiger partial charge < -0.3 is 5.32 Å². The van der Waals surface area contributed by atoms with Crippen molar-refractivity contribution in [1.82, 2.24) is 0 Å². The Labute approximate surface area is 119 Å². The Hall–Kier alpha value is -1.47. The molecule has 0 fully saturated rings. The number of nitriles is 1. The van der Waals surface area contributed by atoms with Gasteiger partial charge in [-0.05, 0) is 42.4 Å². The van der Waals surface area contributed by atoms with E-state index < -0.39 is 0 Å². The summed E-state index contributed by atoms with van der Waals surface area (Å²) >= 11 is 1.82. The van der Waals surface area contributed by atoms with Crippen LogP contribution in [0.4, 0.5) is 5.69 Å².